The third kappa shape index (κ3) is 3.28. The summed E-state index contributed by atoms with van der Waals surface area (Å²) in [6.45, 7) is 3.81. The number of aryl methyl sites for hydroxylation is 1. The summed E-state index contributed by atoms with van der Waals surface area (Å²) in [6, 6.07) is 12.7. The second-order valence-electron chi connectivity index (χ2n) is 5.47. The zero-order chi connectivity index (χ0) is 17.1. The Labute approximate surface area is 144 Å². The molecule has 0 saturated carbocycles. The van der Waals surface area contributed by atoms with Crippen molar-refractivity contribution in [3.8, 4) is 5.69 Å². The molecular weight excluding hydrogens is 326 g/mol. The van der Waals surface area contributed by atoms with E-state index in [2.05, 4.69) is 20.8 Å². The van der Waals surface area contributed by atoms with E-state index in [4.69, 9.17) is 11.6 Å². The van der Waals surface area contributed by atoms with Gasteiger partial charge < -0.3 is 5.32 Å². The number of tetrazole rings is 1. The Hall–Kier alpha value is -2.73. The van der Waals surface area contributed by atoms with Crippen LogP contribution in [0, 0.1) is 6.92 Å². The Morgan fingerprint density at radius 2 is 2.04 bits per heavy atom. The number of carbonyl (C=O) groups is 1. The van der Waals surface area contributed by atoms with Crippen LogP contribution >= 0.6 is 11.6 Å². The molecule has 0 aliphatic heterocycles. The van der Waals surface area contributed by atoms with Crippen LogP contribution in [0.2, 0.25) is 5.02 Å². The molecule has 0 spiro atoms. The highest BCUT2D eigenvalue weighted by molar-refractivity contribution is 6.31. The second-order valence-corrected chi connectivity index (χ2v) is 5.88. The maximum absolute atomic E-state index is 12.5. The molecular formula is C17H16ClN5O. The van der Waals surface area contributed by atoms with Gasteiger partial charge in [-0.3, -0.25) is 4.79 Å². The van der Waals surface area contributed by atoms with Gasteiger partial charge in [0.25, 0.3) is 5.91 Å². The van der Waals surface area contributed by atoms with Crippen molar-refractivity contribution >= 4 is 17.5 Å². The second kappa shape index (κ2) is 6.80. The maximum Gasteiger partial charge on any atom is 0.251 e. The van der Waals surface area contributed by atoms with Crippen LogP contribution in [0.25, 0.3) is 5.69 Å². The molecule has 0 radical (unpaired) electrons. The van der Waals surface area contributed by atoms with Crippen molar-refractivity contribution in [3.05, 3.63) is 70.5 Å². The average Bonchev–Trinajstić information content (AvgIpc) is 3.09. The van der Waals surface area contributed by atoms with E-state index in [1.807, 2.05) is 50.2 Å². The zero-order valence-corrected chi connectivity index (χ0v) is 14.0. The van der Waals surface area contributed by atoms with Gasteiger partial charge in [0.05, 0.1) is 11.7 Å². The van der Waals surface area contributed by atoms with Crippen molar-refractivity contribution in [1.82, 2.24) is 25.5 Å². The Kier molecular flexibility index (Phi) is 4.57. The van der Waals surface area contributed by atoms with Crippen molar-refractivity contribution in [3.63, 3.8) is 0 Å². The summed E-state index contributed by atoms with van der Waals surface area (Å²) in [5.41, 5.74) is 3.19. The summed E-state index contributed by atoms with van der Waals surface area (Å²) in [6.07, 6.45) is 1.52. The first kappa shape index (κ1) is 16.1. The predicted molar refractivity (Wildman–Crippen MR) is 91.2 cm³/mol. The molecule has 0 fully saturated rings. The van der Waals surface area contributed by atoms with Crippen LogP contribution in [0.1, 0.15) is 34.5 Å². The number of hydrogen-bond donors (Lipinski definition) is 1. The molecule has 0 aliphatic rings. The predicted octanol–water partition coefficient (Wildman–Crippen LogP) is 3.12. The molecule has 1 amide bonds. The van der Waals surface area contributed by atoms with Gasteiger partial charge in [-0.25, -0.2) is 4.68 Å². The number of aromatic nitrogens is 4. The van der Waals surface area contributed by atoms with Crippen molar-refractivity contribution in [2.45, 2.75) is 19.9 Å². The molecule has 0 aliphatic carbocycles. The maximum atomic E-state index is 12.5. The molecule has 3 rings (SSSR count). The minimum atomic E-state index is -0.189. The number of nitrogens with one attached hydrogen (secondary N) is 1. The molecule has 24 heavy (non-hydrogen) atoms. The SMILES string of the molecule is Cc1cc(C(=O)NC(C)c2ccccc2Cl)ccc1-n1cnnn1. The van der Waals surface area contributed by atoms with Crippen LogP contribution < -0.4 is 5.32 Å². The molecule has 0 saturated heterocycles. The lowest BCUT2D eigenvalue weighted by Gasteiger charge is -2.16. The topological polar surface area (TPSA) is 72.7 Å². The van der Waals surface area contributed by atoms with E-state index in [9.17, 15) is 4.79 Å². The molecule has 6 nitrogen and oxygen atoms in total. The van der Waals surface area contributed by atoms with E-state index >= 15 is 0 Å². The van der Waals surface area contributed by atoms with Crippen molar-refractivity contribution < 1.29 is 4.79 Å². The summed E-state index contributed by atoms with van der Waals surface area (Å²) < 4.78 is 1.56. The first-order valence-corrected chi connectivity index (χ1v) is 7.83. The first-order valence-electron chi connectivity index (χ1n) is 7.45. The Morgan fingerprint density at radius 3 is 2.71 bits per heavy atom. The summed E-state index contributed by atoms with van der Waals surface area (Å²) >= 11 is 6.18. The van der Waals surface area contributed by atoms with Gasteiger partial charge in [0.1, 0.15) is 6.33 Å². The number of hydrogen-bond acceptors (Lipinski definition) is 4. The van der Waals surface area contributed by atoms with Gasteiger partial charge in [-0.2, -0.15) is 0 Å². The summed E-state index contributed by atoms with van der Waals surface area (Å²) in [4.78, 5) is 12.5. The Bertz CT molecular complexity index is 863. The van der Waals surface area contributed by atoms with Gasteiger partial charge in [0, 0.05) is 10.6 Å². The summed E-state index contributed by atoms with van der Waals surface area (Å²) in [5.74, 6) is -0.159. The third-order valence-corrected chi connectivity index (χ3v) is 4.12. The molecule has 1 unspecified atom stereocenters. The quantitative estimate of drug-likeness (QED) is 0.791. The van der Waals surface area contributed by atoms with Crippen LogP contribution in [0.5, 0.6) is 0 Å². The fraction of sp³-hybridized carbons (Fsp3) is 0.176. The van der Waals surface area contributed by atoms with E-state index in [1.54, 1.807) is 10.7 Å². The summed E-state index contributed by atoms with van der Waals surface area (Å²) in [7, 11) is 0. The van der Waals surface area contributed by atoms with E-state index in [-0.39, 0.29) is 11.9 Å². The summed E-state index contributed by atoms with van der Waals surface area (Å²) in [5, 5.41) is 14.7. The molecule has 1 heterocycles. The van der Waals surface area contributed by atoms with E-state index in [1.165, 1.54) is 6.33 Å². The molecule has 0 bridgehead atoms. The molecule has 2 aromatic carbocycles. The number of nitrogens with zero attached hydrogens (tertiary/aromatic N) is 4. The normalized spacial score (nSPS) is 12.0. The monoisotopic (exact) mass is 341 g/mol. The largest absolute Gasteiger partial charge is 0.345 e. The van der Waals surface area contributed by atoms with Gasteiger partial charge >= 0.3 is 0 Å². The number of halogens is 1. The highest BCUT2D eigenvalue weighted by Crippen LogP contribution is 2.23. The van der Waals surface area contributed by atoms with Crippen LogP contribution in [0.15, 0.2) is 48.8 Å². The van der Waals surface area contributed by atoms with Gasteiger partial charge in [-0.15, -0.1) is 5.10 Å². The van der Waals surface area contributed by atoms with Crippen molar-refractivity contribution in [1.29, 1.82) is 0 Å². The van der Waals surface area contributed by atoms with Crippen LogP contribution in [-0.2, 0) is 0 Å². The highest BCUT2D eigenvalue weighted by Gasteiger charge is 2.14. The van der Waals surface area contributed by atoms with E-state index < -0.39 is 0 Å². The lowest BCUT2D eigenvalue weighted by Crippen LogP contribution is -2.27. The van der Waals surface area contributed by atoms with Gasteiger partial charge in [-0.05, 0) is 59.7 Å². The smallest absolute Gasteiger partial charge is 0.251 e. The lowest BCUT2D eigenvalue weighted by atomic mass is 10.1. The molecule has 7 heteroatoms. The molecule has 1 aromatic heterocycles. The van der Waals surface area contributed by atoms with Crippen molar-refractivity contribution in [2.24, 2.45) is 0 Å². The zero-order valence-electron chi connectivity index (χ0n) is 13.3. The van der Waals surface area contributed by atoms with E-state index in [0.29, 0.717) is 10.6 Å². The van der Waals surface area contributed by atoms with E-state index in [0.717, 1.165) is 16.8 Å². The minimum absolute atomic E-state index is 0.159. The van der Waals surface area contributed by atoms with Crippen LogP contribution in [-0.4, -0.2) is 26.1 Å². The average molecular weight is 342 g/mol. The van der Waals surface area contributed by atoms with Gasteiger partial charge in [0.2, 0.25) is 0 Å². The van der Waals surface area contributed by atoms with Crippen molar-refractivity contribution in [2.75, 3.05) is 0 Å². The number of carbonyl (C=O) groups excluding carboxylic acids is 1. The van der Waals surface area contributed by atoms with Crippen LogP contribution in [0.3, 0.4) is 0 Å². The number of rotatable bonds is 4. The molecule has 3 aromatic rings. The van der Waals surface area contributed by atoms with Crippen LogP contribution in [0.4, 0.5) is 0 Å². The Balaban J connectivity index is 1.78. The van der Waals surface area contributed by atoms with Gasteiger partial charge in [-0.1, -0.05) is 29.8 Å². The third-order valence-electron chi connectivity index (χ3n) is 3.77. The Morgan fingerprint density at radius 1 is 1.25 bits per heavy atom. The fourth-order valence-electron chi connectivity index (χ4n) is 2.51. The number of amides is 1. The molecule has 122 valence electrons. The molecule has 1 N–H and O–H groups in total. The standard InChI is InChI=1S/C17H16ClN5O/c1-11-9-13(7-8-16(11)23-10-19-21-22-23)17(24)20-12(2)14-5-3-4-6-15(14)18/h3-10,12H,1-2H3,(H,20,24). The number of benzene rings is 2. The first-order chi connectivity index (χ1) is 11.6. The minimum Gasteiger partial charge on any atom is -0.345 e. The van der Waals surface area contributed by atoms with Gasteiger partial charge in [0.15, 0.2) is 0 Å². The fourth-order valence-corrected chi connectivity index (χ4v) is 2.81. The lowest BCUT2D eigenvalue weighted by molar-refractivity contribution is 0.0940. The molecule has 1 atom stereocenters. The highest BCUT2D eigenvalue weighted by atomic mass is 35.5.